The molecule has 0 saturated heterocycles. The minimum Gasteiger partial charge on any atom is -0.366 e. The van der Waals surface area contributed by atoms with Crippen LogP contribution < -0.4 is 16.4 Å². The van der Waals surface area contributed by atoms with Gasteiger partial charge in [-0.25, -0.2) is 9.98 Å². The topological polar surface area (TPSA) is 119 Å². The average molecular weight is 411 g/mol. The lowest BCUT2D eigenvalue weighted by Crippen LogP contribution is -2.44. The van der Waals surface area contributed by atoms with Crippen LogP contribution in [0.4, 0.5) is 0 Å². The molecule has 29 heavy (non-hydrogen) atoms. The Kier molecular flexibility index (Phi) is 5.16. The SMILES string of the molecule is Cc1ccc(C(=O)NC2CC2)cc1C1(OCc2nccs2)N=CC(C(N)=O)=CN1. The van der Waals surface area contributed by atoms with E-state index in [2.05, 4.69) is 20.6 Å². The largest absolute Gasteiger partial charge is 0.366 e. The van der Waals surface area contributed by atoms with Gasteiger partial charge in [-0.15, -0.1) is 11.3 Å². The van der Waals surface area contributed by atoms with E-state index in [1.165, 1.54) is 23.8 Å². The maximum atomic E-state index is 12.5. The van der Waals surface area contributed by atoms with Crippen LogP contribution in [0.2, 0.25) is 0 Å². The Hall–Kier alpha value is -3.04. The van der Waals surface area contributed by atoms with Gasteiger partial charge in [-0.05, 0) is 37.5 Å². The second kappa shape index (κ2) is 7.76. The van der Waals surface area contributed by atoms with Crippen LogP contribution in [0.3, 0.4) is 0 Å². The highest BCUT2D eigenvalue weighted by Gasteiger charge is 2.36. The first-order valence-electron chi connectivity index (χ1n) is 9.24. The number of thiazole rings is 1. The van der Waals surface area contributed by atoms with Crippen LogP contribution in [0.1, 0.15) is 39.3 Å². The van der Waals surface area contributed by atoms with E-state index in [1.54, 1.807) is 18.3 Å². The first-order valence-corrected chi connectivity index (χ1v) is 10.1. The highest BCUT2D eigenvalue weighted by molar-refractivity contribution is 7.09. The third-order valence-electron chi connectivity index (χ3n) is 4.76. The lowest BCUT2D eigenvalue weighted by molar-refractivity contribution is -0.114. The molecule has 4 N–H and O–H groups in total. The first-order chi connectivity index (χ1) is 14.0. The summed E-state index contributed by atoms with van der Waals surface area (Å²) in [5, 5.41) is 8.70. The Morgan fingerprint density at radius 1 is 1.41 bits per heavy atom. The number of ether oxygens (including phenoxy) is 1. The summed E-state index contributed by atoms with van der Waals surface area (Å²) in [6, 6.07) is 5.66. The van der Waals surface area contributed by atoms with Crippen molar-refractivity contribution in [3.05, 3.63) is 63.2 Å². The van der Waals surface area contributed by atoms with E-state index >= 15 is 0 Å². The summed E-state index contributed by atoms with van der Waals surface area (Å²) in [6.07, 6.45) is 6.59. The van der Waals surface area contributed by atoms with Crippen LogP contribution in [-0.2, 0) is 22.0 Å². The molecular weight excluding hydrogens is 390 g/mol. The van der Waals surface area contributed by atoms with Crippen molar-refractivity contribution < 1.29 is 14.3 Å². The molecule has 8 nitrogen and oxygen atoms in total. The summed E-state index contributed by atoms with van der Waals surface area (Å²) in [5.74, 6) is -2.02. The van der Waals surface area contributed by atoms with Crippen LogP contribution in [-0.4, -0.2) is 29.1 Å². The molecule has 1 atom stereocenters. The molecule has 2 heterocycles. The molecule has 2 aliphatic rings. The number of aryl methyl sites for hydroxylation is 1. The lowest BCUT2D eigenvalue weighted by Gasteiger charge is -2.34. The Labute approximate surface area is 171 Å². The van der Waals surface area contributed by atoms with Crippen molar-refractivity contribution in [3.63, 3.8) is 0 Å². The molecule has 1 saturated carbocycles. The summed E-state index contributed by atoms with van der Waals surface area (Å²) in [6.45, 7) is 2.12. The second-order valence-corrected chi connectivity index (χ2v) is 7.98. The second-order valence-electron chi connectivity index (χ2n) is 7.00. The van der Waals surface area contributed by atoms with Crippen molar-refractivity contribution in [1.82, 2.24) is 15.6 Å². The zero-order chi connectivity index (χ0) is 20.4. The van der Waals surface area contributed by atoms with Crippen molar-refractivity contribution in [2.24, 2.45) is 10.7 Å². The number of aliphatic imine (C=N–C) groups is 1. The average Bonchev–Trinajstić information content (AvgIpc) is 3.37. The summed E-state index contributed by atoms with van der Waals surface area (Å²) in [7, 11) is 0. The van der Waals surface area contributed by atoms with E-state index in [9.17, 15) is 9.59 Å². The quantitative estimate of drug-likeness (QED) is 0.641. The van der Waals surface area contributed by atoms with Crippen molar-refractivity contribution in [2.45, 2.75) is 38.3 Å². The fourth-order valence-corrected chi connectivity index (χ4v) is 3.49. The van der Waals surface area contributed by atoms with Crippen molar-refractivity contribution >= 4 is 29.4 Å². The molecule has 1 fully saturated rings. The zero-order valence-corrected chi connectivity index (χ0v) is 16.7. The van der Waals surface area contributed by atoms with Gasteiger partial charge in [0.15, 0.2) is 0 Å². The summed E-state index contributed by atoms with van der Waals surface area (Å²) >= 11 is 1.47. The number of primary amides is 1. The number of benzene rings is 1. The molecular formula is C20H21N5O3S. The molecule has 0 spiro atoms. The third-order valence-corrected chi connectivity index (χ3v) is 5.51. The monoisotopic (exact) mass is 411 g/mol. The zero-order valence-electron chi connectivity index (χ0n) is 15.8. The number of amides is 2. The highest BCUT2D eigenvalue weighted by Crippen LogP contribution is 2.32. The van der Waals surface area contributed by atoms with E-state index in [0.29, 0.717) is 11.1 Å². The number of nitrogens with zero attached hydrogens (tertiary/aromatic N) is 2. The number of hydrogen-bond acceptors (Lipinski definition) is 7. The van der Waals surface area contributed by atoms with Gasteiger partial charge < -0.3 is 21.1 Å². The van der Waals surface area contributed by atoms with Gasteiger partial charge in [-0.2, -0.15) is 0 Å². The van der Waals surface area contributed by atoms with E-state index < -0.39 is 11.8 Å². The standard InChI is InChI=1S/C20H21N5O3S/c1-12-2-3-13(19(27)25-15-4-5-15)8-16(12)20(28-11-17-22-6-7-29-17)23-9-14(10-24-20)18(21)26/h2-3,6-10,15,23H,4-5,11H2,1H3,(H2,21,26)(H,25,27). The number of nitrogens with two attached hydrogens (primary N) is 1. The molecule has 1 unspecified atom stereocenters. The molecule has 150 valence electrons. The first kappa shape index (κ1) is 19.3. The molecule has 1 aromatic carbocycles. The Balaban J connectivity index is 1.67. The van der Waals surface area contributed by atoms with E-state index in [-0.39, 0.29) is 24.1 Å². The molecule has 0 radical (unpaired) electrons. The number of hydrogen-bond donors (Lipinski definition) is 3. The summed E-state index contributed by atoms with van der Waals surface area (Å²) < 4.78 is 6.15. The molecule has 2 amide bonds. The minimum atomic E-state index is -1.30. The van der Waals surface area contributed by atoms with Gasteiger partial charge in [0, 0.05) is 41.2 Å². The van der Waals surface area contributed by atoms with Crippen molar-refractivity contribution in [3.8, 4) is 0 Å². The molecule has 1 aromatic heterocycles. The number of carbonyl (C=O) groups excluding carboxylic acids is 2. The number of rotatable bonds is 7. The molecule has 9 heteroatoms. The normalized spacial score (nSPS) is 20.7. The summed E-state index contributed by atoms with van der Waals surface area (Å²) in [5.41, 5.74) is 7.67. The fraction of sp³-hybridized carbons (Fsp3) is 0.300. The molecule has 4 rings (SSSR count). The van der Waals surface area contributed by atoms with Gasteiger partial charge in [-0.1, -0.05) is 6.07 Å². The van der Waals surface area contributed by atoms with Gasteiger partial charge in [0.05, 0.1) is 5.57 Å². The molecule has 1 aliphatic carbocycles. The number of nitrogens with one attached hydrogen (secondary N) is 2. The van der Waals surface area contributed by atoms with Crippen LogP contribution in [0, 0.1) is 6.92 Å². The van der Waals surface area contributed by atoms with Gasteiger partial charge in [0.1, 0.15) is 11.6 Å². The summed E-state index contributed by atoms with van der Waals surface area (Å²) in [4.78, 5) is 32.7. The van der Waals surface area contributed by atoms with Crippen LogP contribution in [0.5, 0.6) is 0 Å². The Morgan fingerprint density at radius 2 is 2.24 bits per heavy atom. The number of carbonyl (C=O) groups is 2. The van der Waals surface area contributed by atoms with E-state index in [4.69, 9.17) is 10.5 Å². The maximum absolute atomic E-state index is 12.5. The third kappa shape index (κ3) is 4.20. The predicted octanol–water partition coefficient (Wildman–Crippen LogP) is 1.71. The lowest BCUT2D eigenvalue weighted by atomic mass is 9.99. The molecule has 2 aromatic rings. The van der Waals surface area contributed by atoms with Crippen LogP contribution in [0.15, 0.2) is 46.5 Å². The Morgan fingerprint density at radius 3 is 2.86 bits per heavy atom. The van der Waals surface area contributed by atoms with Gasteiger partial charge in [-0.3, -0.25) is 9.59 Å². The van der Waals surface area contributed by atoms with Crippen molar-refractivity contribution in [2.75, 3.05) is 0 Å². The van der Waals surface area contributed by atoms with Gasteiger partial charge >= 0.3 is 0 Å². The van der Waals surface area contributed by atoms with Crippen molar-refractivity contribution in [1.29, 1.82) is 0 Å². The van der Waals surface area contributed by atoms with E-state index in [0.717, 1.165) is 23.4 Å². The van der Waals surface area contributed by atoms with Gasteiger partial charge in [0.25, 0.3) is 17.7 Å². The Bertz CT molecular complexity index is 998. The fourth-order valence-electron chi connectivity index (χ4n) is 2.96. The van der Waals surface area contributed by atoms with Crippen LogP contribution in [0.25, 0.3) is 0 Å². The highest BCUT2D eigenvalue weighted by atomic mass is 32.1. The van der Waals surface area contributed by atoms with Gasteiger partial charge in [0.2, 0.25) is 0 Å². The van der Waals surface area contributed by atoms with E-state index in [1.807, 2.05) is 18.4 Å². The molecule has 1 aliphatic heterocycles. The van der Waals surface area contributed by atoms with Crippen LogP contribution >= 0.6 is 11.3 Å². The molecule has 0 bridgehead atoms. The maximum Gasteiger partial charge on any atom is 0.264 e. The minimum absolute atomic E-state index is 0.128. The predicted molar refractivity (Wildman–Crippen MR) is 109 cm³/mol. The number of aromatic nitrogens is 1. The smallest absolute Gasteiger partial charge is 0.264 e.